The van der Waals surface area contributed by atoms with Gasteiger partial charge in [0.2, 0.25) is 5.91 Å². The number of carbonyl (C=O) groups is 2. The minimum absolute atomic E-state index is 0.00979. The number of halogens is 1. The zero-order valence-corrected chi connectivity index (χ0v) is 17.1. The minimum Gasteiger partial charge on any atom is -0.490 e. The van der Waals surface area contributed by atoms with E-state index in [0.717, 1.165) is 16.9 Å². The zero-order valence-electron chi connectivity index (χ0n) is 17.1. The van der Waals surface area contributed by atoms with E-state index >= 15 is 0 Å². The summed E-state index contributed by atoms with van der Waals surface area (Å²) in [6, 6.07) is 10.8. The average molecular weight is 426 g/mol. The van der Waals surface area contributed by atoms with Crippen molar-refractivity contribution in [2.75, 3.05) is 26.3 Å². The van der Waals surface area contributed by atoms with Crippen LogP contribution in [0, 0.1) is 12.7 Å². The van der Waals surface area contributed by atoms with Crippen LogP contribution in [0.3, 0.4) is 0 Å². The number of aryl methyl sites for hydroxylation is 1. The molecule has 1 saturated heterocycles. The second kappa shape index (κ2) is 8.35. The Balaban J connectivity index is 1.53. The summed E-state index contributed by atoms with van der Waals surface area (Å²) in [6.45, 7) is 2.58. The lowest BCUT2D eigenvalue weighted by Crippen LogP contribution is -2.58. The van der Waals surface area contributed by atoms with Crippen LogP contribution < -0.4 is 10.5 Å². The summed E-state index contributed by atoms with van der Waals surface area (Å²) >= 11 is 0. The first kappa shape index (κ1) is 20.8. The Labute approximate surface area is 178 Å². The summed E-state index contributed by atoms with van der Waals surface area (Å²) in [5.74, 6) is 0.0653. The van der Waals surface area contributed by atoms with Crippen molar-refractivity contribution in [3.63, 3.8) is 0 Å². The number of nitrogens with zero attached hydrogens (tertiary/aromatic N) is 2. The molecule has 0 bridgehead atoms. The number of benzene rings is 2. The van der Waals surface area contributed by atoms with Crippen LogP contribution in [0.1, 0.15) is 22.6 Å². The molecule has 1 aromatic heterocycles. The molecule has 9 heteroatoms. The van der Waals surface area contributed by atoms with Crippen LogP contribution in [0.4, 0.5) is 4.39 Å². The number of carbonyl (C=O) groups excluding carboxylic acids is 2. The average Bonchev–Trinajstić information content (AvgIpc) is 3.11. The summed E-state index contributed by atoms with van der Waals surface area (Å²) in [5.41, 5.74) is 6.43. The largest absolute Gasteiger partial charge is 0.490 e. The molecular formula is C22H23FN4O4. The molecule has 0 unspecified atom stereocenters. The molecule has 2 heterocycles. The van der Waals surface area contributed by atoms with Gasteiger partial charge in [-0.15, -0.1) is 0 Å². The number of rotatable bonds is 6. The van der Waals surface area contributed by atoms with Gasteiger partial charge in [0.05, 0.1) is 30.6 Å². The third-order valence-electron chi connectivity index (χ3n) is 5.19. The molecule has 0 saturated carbocycles. The molecule has 1 aliphatic heterocycles. The summed E-state index contributed by atoms with van der Waals surface area (Å²) < 4.78 is 24.8. The second-order valence-electron chi connectivity index (χ2n) is 7.70. The maximum Gasteiger partial charge on any atom is 0.254 e. The lowest BCUT2D eigenvalue weighted by Gasteiger charge is -2.42. The highest BCUT2D eigenvalue weighted by atomic mass is 19.1. The number of H-pyrrole nitrogens is 1. The number of primary amides is 1. The van der Waals surface area contributed by atoms with Crippen molar-refractivity contribution in [3.8, 4) is 5.75 Å². The van der Waals surface area contributed by atoms with Crippen LogP contribution in [0.15, 0.2) is 42.5 Å². The Morgan fingerprint density at radius 2 is 2.06 bits per heavy atom. The van der Waals surface area contributed by atoms with Gasteiger partial charge in [-0.25, -0.2) is 9.37 Å². The molecule has 2 aromatic carbocycles. The Morgan fingerprint density at radius 1 is 1.29 bits per heavy atom. The van der Waals surface area contributed by atoms with Gasteiger partial charge in [-0.1, -0.05) is 0 Å². The fourth-order valence-electron chi connectivity index (χ4n) is 3.78. The van der Waals surface area contributed by atoms with Crippen LogP contribution in [0.2, 0.25) is 0 Å². The quantitative estimate of drug-likeness (QED) is 0.628. The number of hydrogen-bond acceptors (Lipinski definition) is 5. The van der Waals surface area contributed by atoms with Crippen LogP contribution in [0.5, 0.6) is 5.75 Å². The smallest absolute Gasteiger partial charge is 0.254 e. The first-order valence-corrected chi connectivity index (χ1v) is 9.90. The topological polar surface area (TPSA) is 111 Å². The molecule has 1 fully saturated rings. The van der Waals surface area contributed by atoms with Crippen molar-refractivity contribution >= 4 is 22.8 Å². The number of nitrogens with two attached hydrogens (primary N) is 1. The predicted molar refractivity (Wildman–Crippen MR) is 111 cm³/mol. The van der Waals surface area contributed by atoms with E-state index in [2.05, 4.69) is 9.97 Å². The molecule has 2 amide bonds. The van der Waals surface area contributed by atoms with E-state index in [1.165, 1.54) is 24.3 Å². The number of imidazole rings is 1. The van der Waals surface area contributed by atoms with E-state index in [-0.39, 0.29) is 37.9 Å². The van der Waals surface area contributed by atoms with E-state index in [0.29, 0.717) is 17.9 Å². The first-order valence-electron chi connectivity index (χ1n) is 9.90. The van der Waals surface area contributed by atoms with Crippen LogP contribution >= 0.6 is 0 Å². The Bertz CT molecular complexity index is 1110. The number of amides is 2. The molecule has 0 spiro atoms. The van der Waals surface area contributed by atoms with E-state index in [1.54, 1.807) is 23.1 Å². The maximum atomic E-state index is 13.2. The molecule has 3 N–H and O–H groups in total. The molecule has 8 nitrogen and oxygen atoms in total. The third-order valence-corrected chi connectivity index (χ3v) is 5.19. The Morgan fingerprint density at radius 3 is 2.81 bits per heavy atom. The van der Waals surface area contributed by atoms with Crippen molar-refractivity contribution in [3.05, 3.63) is 59.7 Å². The summed E-state index contributed by atoms with van der Waals surface area (Å²) in [4.78, 5) is 34.0. The minimum atomic E-state index is -1.09. The highest BCUT2D eigenvalue weighted by molar-refractivity contribution is 5.97. The van der Waals surface area contributed by atoms with Crippen molar-refractivity contribution in [2.45, 2.75) is 18.9 Å². The van der Waals surface area contributed by atoms with Gasteiger partial charge in [0.1, 0.15) is 29.6 Å². The normalized spacial score (nSPS) is 18.8. The number of morpholine rings is 1. The number of aromatic nitrogens is 2. The van der Waals surface area contributed by atoms with Crippen LogP contribution in [-0.4, -0.2) is 58.6 Å². The van der Waals surface area contributed by atoms with Gasteiger partial charge in [-0.3, -0.25) is 9.59 Å². The third kappa shape index (κ3) is 4.66. The fraction of sp³-hybridized carbons (Fsp3) is 0.318. The lowest BCUT2D eigenvalue weighted by atomic mass is 9.97. The lowest BCUT2D eigenvalue weighted by molar-refractivity contribution is -0.142. The molecular weight excluding hydrogens is 403 g/mol. The summed E-state index contributed by atoms with van der Waals surface area (Å²) in [6.07, 6.45) is -0.114. The van der Waals surface area contributed by atoms with Gasteiger partial charge in [0.25, 0.3) is 5.91 Å². The van der Waals surface area contributed by atoms with Gasteiger partial charge >= 0.3 is 0 Å². The molecule has 0 radical (unpaired) electrons. The number of aromatic amines is 1. The standard InChI is InChI=1S/C22H23FN4O4/c1-14-25-18-7-2-15(10-19(18)26-14)21(29)27-8-9-31-22(12-27,11-20(24)28)13-30-17-5-3-16(23)4-6-17/h2-7,10H,8-9,11-13H2,1H3,(H2,24,28)(H,25,26)/t22-/m0/s1. The van der Waals surface area contributed by atoms with Crippen LogP contribution in [-0.2, 0) is 9.53 Å². The predicted octanol–water partition coefficient (Wildman–Crippen LogP) is 2.18. The number of hydrogen-bond donors (Lipinski definition) is 2. The van der Waals surface area contributed by atoms with E-state index in [1.807, 2.05) is 6.92 Å². The number of fused-ring (bicyclic) bond motifs is 1. The molecule has 31 heavy (non-hydrogen) atoms. The number of ether oxygens (including phenoxy) is 2. The molecule has 0 aliphatic carbocycles. The van der Waals surface area contributed by atoms with Gasteiger partial charge in [0.15, 0.2) is 0 Å². The second-order valence-corrected chi connectivity index (χ2v) is 7.70. The SMILES string of the molecule is Cc1nc2ccc(C(=O)N3CCO[C@@](COc4ccc(F)cc4)(CC(N)=O)C3)cc2[nH]1. The van der Waals surface area contributed by atoms with E-state index < -0.39 is 11.5 Å². The number of nitrogens with one attached hydrogen (secondary N) is 1. The first-order chi connectivity index (χ1) is 14.8. The fourth-order valence-corrected chi connectivity index (χ4v) is 3.78. The van der Waals surface area contributed by atoms with Gasteiger partial charge in [-0.2, -0.15) is 0 Å². The van der Waals surface area contributed by atoms with Crippen molar-refractivity contribution in [2.24, 2.45) is 5.73 Å². The van der Waals surface area contributed by atoms with Gasteiger partial charge in [-0.05, 0) is 49.4 Å². The molecule has 1 aliphatic rings. The highest BCUT2D eigenvalue weighted by Crippen LogP contribution is 2.26. The van der Waals surface area contributed by atoms with Crippen LogP contribution in [0.25, 0.3) is 11.0 Å². The molecule has 4 rings (SSSR count). The monoisotopic (exact) mass is 426 g/mol. The summed E-state index contributed by atoms with van der Waals surface area (Å²) in [5, 5.41) is 0. The maximum absolute atomic E-state index is 13.2. The molecule has 162 valence electrons. The highest BCUT2D eigenvalue weighted by Gasteiger charge is 2.41. The van der Waals surface area contributed by atoms with E-state index in [9.17, 15) is 14.0 Å². The Hall–Kier alpha value is -3.46. The molecule has 1 atom stereocenters. The van der Waals surface area contributed by atoms with Crippen molar-refractivity contribution < 1.29 is 23.5 Å². The zero-order chi connectivity index (χ0) is 22.0. The summed E-state index contributed by atoms with van der Waals surface area (Å²) in [7, 11) is 0. The molecule has 3 aromatic rings. The van der Waals surface area contributed by atoms with Crippen molar-refractivity contribution in [1.29, 1.82) is 0 Å². The Kier molecular flexibility index (Phi) is 5.60. The van der Waals surface area contributed by atoms with Gasteiger partial charge in [0, 0.05) is 12.1 Å². The van der Waals surface area contributed by atoms with E-state index in [4.69, 9.17) is 15.2 Å². The van der Waals surface area contributed by atoms with Crippen molar-refractivity contribution in [1.82, 2.24) is 14.9 Å². The van der Waals surface area contributed by atoms with Gasteiger partial charge < -0.3 is 25.1 Å².